The van der Waals surface area contributed by atoms with Crippen LogP contribution in [0.3, 0.4) is 0 Å². The predicted octanol–water partition coefficient (Wildman–Crippen LogP) is -2.11. The van der Waals surface area contributed by atoms with Crippen LogP contribution in [-0.2, 0) is 29.1 Å². The van der Waals surface area contributed by atoms with Crippen LogP contribution < -0.4 is 21.5 Å². The quantitative estimate of drug-likeness (QED) is 0.122. The van der Waals surface area contributed by atoms with Crippen molar-refractivity contribution in [2.45, 2.75) is 38.1 Å². The molecule has 0 spiro atoms. The number of amides is 5. The van der Waals surface area contributed by atoms with Crippen LogP contribution in [-0.4, -0.2) is 86.0 Å². The Balaban J connectivity index is 0.000000224. The summed E-state index contributed by atoms with van der Waals surface area (Å²) in [7, 11) is -4.60. The lowest BCUT2D eigenvalue weighted by Gasteiger charge is -2.21. The summed E-state index contributed by atoms with van der Waals surface area (Å²) < 4.78 is 33.5. The molecule has 3 aliphatic rings. The fourth-order valence-electron chi connectivity index (χ4n) is 3.43. The van der Waals surface area contributed by atoms with E-state index in [9.17, 15) is 27.6 Å². The number of nitrogens with zero attached hydrogens (tertiary/aromatic N) is 2. The molecule has 15 heteroatoms. The maximum absolute atomic E-state index is 11.6. The second-order valence-corrected chi connectivity index (χ2v) is 8.26. The Morgan fingerprint density at radius 3 is 2.65 bits per heavy atom. The summed E-state index contributed by atoms with van der Waals surface area (Å²) >= 11 is 0. The smallest absolute Gasteiger partial charge is 0.358 e. The monoisotopic (exact) mass is 464 g/mol. The maximum Gasteiger partial charge on any atom is 0.418 e. The zero-order valence-corrected chi connectivity index (χ0v) is 17.7. The minimum Gasteiger partial charge on any atom is -0.358 e. The van der Waals surface area contributed by atoms with Gasteiger partial charge in [-0.25, -0.2) is 4.79 Å². The zero-order chi connectivity index (χ0) is 22.9. The molecule has 3 heterocycles. The highest BCUT2D eigenvalue weighted by atomic mass is 32.3. The molecule has 0 aliphatic carbocycles. The van der Waals surface area contributed by atoms with Crippen molar-refractivity contribution in [3.05, 3.63) is 0 Å². The Hall–Kier alpha value is -2.49. The van der Waals surface area contributed by atoms with Gasteiger partial charge in [0.2, 0.25) is 18.2 Å². The highest BCUT2D eigenvalue weighted by Crippen LogP contribution is 2.26. The van der Waals surface area contributed by atoms with E-state index < -0.39 is 16.4 Å². The fraction of sp³-hybridized carbons (Fsp3) is 0.750. The number of nitrogens with one attached hydrogen (secondary N) is 4. The number of rotatable bonds is 7. The summed E-state index contributed by atoms with van der Waals surface area (Å²) in [5.74, 6) is -0.581. The van der Waals surface area contributed by atoms with Crippen LogP contribution in [0.25, 0.3) is 0 Å². The molecule has 5 N–H and O–H groups in total. The third-order valence-corrected chi connectivity index (χ3v) is 5.28. The standard InChI is InChI=1S/C10H18N4O3.C6H10N2O5S/c15-7-12-5-3-9(16)13-14-10(17)8-2-1-4-11-6-8;9-6-7-3-1-2-5(4-7)8(6)13-14(10,11)12/h7-8,11H,1-6H2,(H,12,15)(H,13,16)(H,14,17);5H,1-4H2,(H,10,11,12). The van der Waals surface area contributed by atoms with E-state index in [4.69, 9.17) is 4.55 Å². The number of carbonyl (C=O) groups excluding carboxylic acids is 4. The molecule has 5 amide bonds. The molecule has 0 radical (unpaired) electrons. The third-order valence-electron chi connectivity index (χ3n) is 4.93. The van der Waals surface area contributed by atoms with Gasteiger partial charge in [-0.3, -0.25) is 29.8 Å². The predicted molar refractivity (Wildman–Crippen MR) is 105 cm³/mol. The number of piperidine rings is 2. The summed E-state index contributed by atoms with van der Waals surface area (Å²) in [6.07, 6.45) is 3.98. The van der Waals surface area contributed by atoms with Crippen LogP contribution in [0.15, 0.2) is 0 Å². The molecule has 0 aromatic heterocycles. The minimum absolute atomic E-state index is 0.0860. The van der Waals surface area contributed by atoms with Crippen molar-refractivity contribution in [2.75, 3.05) is 32.7 Å². The summed E-state index contributed by atoms with van der Waals surface area (Å²) in [6.45, 7) is 2.92. The molecule has 2 bridgehead atoms. The van der Waals surface area contributed by atoms with Gasteiger partial charge in [0.15, 0.2) is 0 Å². The Kier molecular flexibility index (Phi) is 9.42. The van der Waals surface area contributed by atoms with Crippen LogP contribution in [0.5, 0.6) is 0 Å². The third kappa shape index (κ3) is 8.28. The van der Waals surface area contributed by atoms with Crippen molar-refractivity contribution in [3.63, 3.8) is 0 Å². The molecule has 2 atom stereocenters. The van der Waals surface area contributed by atoms with E-state index in [1.807, 2.05) is 0 Å². The molecule has 0 aromatic rings. The lowest BCUT2D eigenvalue weighted by molar-refractivity contribution is -0.131. The second-order valence-electron chi connectivity index (χ2n) is 7.26. The Labute approximate surface area is 179 Å². The number of carbonyl (C=O) groups is 4. The van der Waals surface area contributed by atoms with Crippen LogP contribution >= 0.6 is 0 Å². The topological polar surface area (TPSA) is 186 Å². The van der Waals surface area contributed by atoms with Gasteiger partial charge in [0.1, 0.15) is 0 Å². The van der Waals surface area contributed by atoms with Gasteiger partial charge in [-0.05, 0) is 32.2 Å². The first-order valence-corrected chi connectivity index (χ1v) is 11.3. The van der Waals surface area contributed by atoms with E-state index in [-0.39, 0.29) is 36.7 Å². The number of hydrogen-bond acceptors (Lipinski definition) is 8. The highest BCUT2D eigenvalue weighted by molar-refractivity contribution is 7.80. The average molecular weight is 465 g/mol. The second kappa shape index (κ2) is 11.8. The Bertz CT molecular complexity index is 757. The van der Waals surface area contributed by atoms with Crippen molar-refractivity contribution in [1.29, 1.82) is 0 Å². The zero-order valence-electron chi connectivity index (χ0n) is 16.9. The molecule has 3 fully saturated rings. The van der Waals surface area contributed by atoms with E-state index in [1.54, 1.807) is 0 Å². The van der Waals surface area contributed by atoms with Gasteiger partial charge in [0.05, 0.1) is 12.0 Å². The van der Waals surface area contributed by atoms with E-state index in [0.29, 0.717) is 32.5 Å². The molecule has 14 nitrogen and oxygen atoms in total. The van der Waals surface area contributed by atoms with Crippen molar-refractivity contribution in [1.82, 2.24) is 31.4 Å². The highest BCUT2D eigenvalue weighted by Gasteiger charge is 2.42. The molecule has 3 saturated heterocycles. The number of hydrazine groups is 1. The van der Waals surface area contributed by atoms with E-state index in [2.05, 4.69) is 25.8 Å². The van der Waals surface area contributed by atoms with E-state index in [0.717, 1.165) is 30.9 Å². The summed E-state index contributed by atoms with van der Waals surface area (Å²) in [6, 6.07) is -0.761. The van der Waals surface area contributed by atoms with Crippen molar-refractivity contribution < 1.29 is 36.4 Å². The van der Waals surface area contributed by atoms with E-state index >= 15 is 0 Å². The van der Waals surface area contributed by atoms with Crippen molar-refractivity contribution in [2.24, 2.45) is 5.92 Å². The maximum atomic E-state index is 11.6. The van der Waals surface area contributed by atoms with Gasteiger partial charge in [0.25, 0.3) is 0 Å². The number of urea groups is 1. The lowest BCUT2D eigenvalue weighted by Crippen LogP contribution is -2.48. The van der Waals surface area contributed by atoms with Gasteiger partial charge < -0.3 is 15.5 Å². The number of hydroxylamine groups is 2. The molecular formula is C16H28N6O8S. The normalized spacial score (nSPS) is 22.8. The molecule has 0 saturated carbocycles. The molecule has 3 aliphatic heterocycles. The average Bonchev–Trinajstić information content (AvgIpc) is 2.95. The van der Waals surface area contributed by atoms with Crippen molar-refractivity contribution in [3.8, 4) is 0 Å². The van der Waals surface area contributed by atoms with Crippen molar-refractivity contribution >= 4 is 34.7 Å². The Morgan fingerprint density at radius 2 is 2.03 bits per heavy atom. The lowest BCUT2D eigenvalue weighted by atomic mass is 9.99. The minimum atomic E-state index is -4.60. The van der Waals surface area contributed by atoms with Crippen LogP contribution in [0.2, 0.25) is 0 Å². The molecule has 2 unspecified atom stereocenters. The summed E-state index contributed by atoms with van der Waals surface area (Å²) in [4.78, 5) is 45.7. The summed E-state index contributed by atoms with van der Waals surface area (Å²) in [5, 5.41) is 6.23. The SMILES string of the molecule is O=C1N2CCCC(C2)N1OS(=O)(=O)O.O=CNCCC(=O)NNC(=O)C1CCCNC1. The molecule has 176 valence electrons. The van der Waals surface area contributed by atoms with E-state index in [1.165, 1.54) is 4.90 Å². The van der Waals surface area contributed by atoms with Gasteiger partial charge in [-0.1, -0.05) is 0 Å². The van der Waals surface area contributed by atoms with Crippen LogP contribution in [0, 0.1) is 5.92 Å². The van der Waals surface area contributed by atoms with Gasteiger partial charge in [-0.15, -0.1) is 4.28 Å². The largest absolute Gasteiger partial charge is 0.418 e. The number of fused-ring (bicyclic) bond motifs is 2. The molecular weight excluding hydrogens is 436 g/mol. The first kappa shape index (κ1) is 24.8. The molecule has 0 aromatic carbocycles. The fourth-order valence-corrected chi connectivity index (χ4v) is 3.81. The Morgan fingerprint density at radius 1 is 1.26 bits per heavy atom. The van der Waals surface area contributed by atoms with Gasteiger partial charge in [-0.2, -0.15) is 13.5 Å². The van der Waals surface area contributed by atoms with Crippen LogP contribution in [0.4, 0.5) is 4.79 Å². The first-order valence-electron chi connectivity index (χ1n) is 9.93. The summed E-state index contributed by atoms with van der Waals surface area (Å²) in [5.41, 5.74) is 4.70. The first-order chi connectivity index (χ1) is 14.7. The van der Waals surface area contributed by atoms with Crippen LogP contribution in [0.1, 0.15) is 32.1 Å². The van der Waals surface area contributed by atoms with Gasteiger partial charge in [0, 0.05) is 32.6 Å². The number of hydrogen-bond donors (Lipinski definition) is 5. The molecule has 31 heavy (non-hydrogen) atoms. The molecule has 3 rings (SSSR count). The van der Waals surface area contributed by atoms with Gasteiger partial charge >= 0.3 is 16.4 Å².